The summed E-state index contributed by atoms with van der Waals surface area (Å²) < 4.78 is 5.55. The highest BCUT2D eigenvalue weighted by Gasteiger charge is 2.41. The number of ether oxygens (including phenoxy) is 1. The van der Waals surface area contributed by atoms with Crippen LogP contribution in [-0.2, 0) is 9.59 Å². The lowest BCUT2D eigenvalue weighted by Crippen LogP contribution is -2.32. The molecule has 5 heteroatoms. The molecule has 0 atom stereocenters. The summed E-state index contributed by atoms with van der Waals surface area (Å²) in [6.07, 6.45) is 0. The SMILES string of the molecule is COc1ccccc1C1=C(Nc2ccc(C(C)C)cc2)C(=O)N(c2cccc3ccccc23)C1=O. The van der Waals surface area contributed by atoms with E-state index in [2.05, 4.69) is 19.2 Å². The number of fused-ring (bicyclic) bond motifs is 1. The topological polar surface area (TPSA) is 58.6 Å². The molecule has 174 valence electrons. The molecule has 4 aromatic carbocycles. The summed E-state index contributed by atoms with van der Waals surface area (Å²) in [5.41, 5.74) is 3.56. The number of carbonyl (C=O) groups is 2. The van der Waals surface area contributed by atoms with Crippen molar-refractivity contribution < 1.29 is 14.3 Å². The lowest BCUT2D eigenvalue weighted by molar-refractivity contribution is -0.120. The third-order valence-corrected chi connectivity index (χ3v) is 6.31. The van der Waals surface area contributed by atoms with E-state index >= 15 is 0 Å². The highest BCUT2D eigenvalue weighted by atomic mass is 16.5. The summed E-state index contributed by atoms with van der Waals surface area (Å²) in [6.45, 7) is 4.26. The van der Waals surface area contributed by atoms with Gasteiger partial charge in [-0.1, -0.05) is 80.6 Å². The average Bonchev–Trinajstić information content (AvgIpc) is 3.12. The van der Waals surface area contributed by atoms with E-state index in [1.54, 1.807) is 25.3 Å². The number of nitrogens with one attached hydrogen (secondary N) is 1. The van der Waals surface area contributed by atoms with Gasteiger partial charge in [0.25, 0.3) is 11.8 Å². The average molecular weight is 463 g/mol. The van der Waals surface area contributed by atoms with Gasteiger partial charge in [-0.2, -0.15) is 0 Å². The van der Waals surface area contributed by atoms with Crippen LogP contribution in [0.2, 0.25) is 0 Å². The molecule has 0 saturated heterocycles. The zero-order valence-electron chi connectivity index (χ0n) is 19.9. The lowest BCUT2D eigenvalue weighted by atomic mass is 10.0. The van der Waals surface area contributed by atoms with Gasteiger partial charge in [-0.15, -0.1) is 0 Å². The number of para-hydroxylation sites is 1. The molecule has 1 heterocycles. The molecule has 0 unspecified atom stereocenters. The number of imide groups is 1. The molecule has 4 aromatic rings. The molecule has 5 rings (SSSR count). The van der Waals surface area contributed by atoms with E-state index in [-0.39, 0.29) is 11.3 Å². The standard InChI is InChI=1S/C30H26N2O3/c1-19(2)20-15-17-22(18-16-20)31-28-27(24-12-6-7-14-26(24)35-3)29(33)32(30(28)34)25-13-8-10-21-9-4-5-11-23(21)25/h4-19,31H,1-3H3. The Labute approximate surface area is 204 Å². The second-order valence-corrected chi connectivity index (χ2v) is 8.80. The third kappa shape index (κ3) is 3.95. The fraction of sp³-hybridized carbons (Fsp3) is 0.133. The zero-order valence-corrected chi connectivity index (χ0v) is 19.9. The molecular weight excluding hydrogens is 436 g/mol. The minimum Gasteiger partial charge on any atom is -0.496 e. The summed E-state index contributed by atoms with van der Waals surface area (Å²) >= 11 is 0. The first kappa shape index (κ1) is 22.4. The number of nitrogens with zero attached hydrogens (tertiary/aromatic N) is 1. The van der Waals surface area contributed by atoms with Gasteiger partial charge in [0.1, 0.15) is 11.4 Å². The van der Waals surface area contributed by atoms with Crippen LogP contribution in [0.3, 0.4) is 0 Å². The van der Waals surface area contributed by atoms with Crippen molar-refractivity contribution in [3.05, 3.63) is 108 Å². The van der Waals surface area contributed by atoms with Gasteiger partial charge in [0.05, 0.1) is 18.4 Å². The van der Waals surface area contributed by atoms with E-state index in [0.29, 0.717) is 22.9 Å². The van der Waals surface area contributed by atoms with Crippen LogP contribution in [0.5, 0.6) is 5.75 Å². The summed E-state index contributed by atoms with van der Waals surface area (Å²) in [5, 5.41) is 5.03. The molecular formula is C30H26N2O3. The summed E-state index contributed by atoms with van der Waals surface area (Å²) in [5.74, 6) is 0.124. The molecule has 0 radical (unpaired) electrons. The molecule has 1 aliphatic heterocycles. The molecule has 1 N–H and O–H groups in total. The molecule has 1 aliphatic rings. The van der Waals surface area contributed by atoms with Gasteiger partial charge in [0, 0.05) is 16.6 Å². The number of amides is 2. The fourth-order valence-electron chi connectivity index (χ4n) is 4.46. The van der Waals surface area contributed by atoms with Gasteiger partial charge >= 0.3 is 0 Å². The minimum atomic E-state index is -0.403. The summed E-state index contributed by atoms with van der Waals surface area (Å²) in [6, 6.07) is 28.5. The van der Waals surface area contributed by atoms with Crippen molar-refractivity contribution in [1.82, 2.24) is 0 Å². The van der Waals surface area contributed by atoms with Crippen LogP contribution in [0.4, 0.5) is 11.4 Å². The molecule has 35 heavy (non-hydrogen) atoms. The Kier molecular flexibility index (Phi) is 5.83. The lowest BCUT2D eigenvalue weighted by Gasteiger charge is -2.18. The molecule has 0 bridgehead atoms. The molecule has 5 nitrogen and oxygen atoms in total. The summed E-state index contributed by atoms with van der Waals surface area (Å²) in [7, 11) is 1.56. The van der Waals surface area contributed by atoms with Crippen LogP contribution >= 0.6 is 0 Å². The first-order valence-corrected chi connectivity index (χ1v) is 11.6. The van der Waals surface area contributed by atoms with Gasteiger partial charge in [0.2, 0.25) is 0 Å². The van der Waals surface area contributed by atoms with Crippen LogP contribution in [0, 0.1) is 0 Å². The predicted octanol–water partition coefficient (Wildman–Crippen LogP) is 6.37. The van der Waals surface area contributed by atoms with E-state index in [0.717, 1.165) is 16.5 Å². The predicted molar refractivity (Wildman–Crippen MR) is 141 cm³/mol. The monoisotopic (exact) mass is 462 g/mol. The largest absolute Gasteiger partial charge is 0.496 e. The maximum absolute atomic E-state index is 13.9. The van der Waals surface area contributed by atoms with Crippen molar-refractivity contribution in [2.75, 3.05) is 17.3 Å². The third-order valence-electron chi connectivity index (χ3n) is 6.31. The number of hydrogen-bond donors (Lipinski definition) is 1. The Bertz CT molecular complexity index is 1460. The van der Waals surface area contributed by atoms with E-state index in [9.17, 15) is 9.59 Å². The number of hydrogen-bond acceptors (Lipinski definition) is 4. The van der Waals surface area contributed by atoms with Crippen molar-refractivity contribution in [3.63, 3.8) is 0 Å². The quantitative estimate of drug-likeness (QED) is 0.338. The maximum atomic E-state index is 13.9. The Balaban J connectivity index is 1.65. The van der Waals surface area contributed by atoms with Gasteiger partial charge in [-0.05, 0) is 41.1 Å². The highest BCUT2D eigenvalue weighted by molar-refractivity contribution is 6.47. The zero-order chi connectivity index (χ0) is 24.5. The Morgan fingerprint density at radius 2 is 1.46 bits per heavy atom. The normalized spacial score (nSPS) is 13.8. The second kappa shape index (κ2) is 9.11. The number of anilines is 2. The molecule has 0 aliphatic carbocycles. The van der Waals surface area contributed by atoms with Crippen LogP contribution in [0.1, 0.15) is 30.9 Å². The molecule has 2 amide bonds. The number of methoxy groups -OCH3 is 1. The van der Waals surface area contributed by atoms with E-state index in [4.69, 9.17) is 4.74 Å². The van der Waals surface area contributed by atoms with Crippen molar-refractivity contribution >= 4 is 39.5 Å². The Morgan fingerprint density at radius 3 is 2.20 bits per heavy atom. The van der Waals surface area contributed by atoms with E-state index < -0.39 is 11.8 Å². The first-order valence-electron chi connectivity index (χ1n) is 11.6. The molecule has 0 spiro atoms. The van der Waals surface area contributed by atoms with E-state index in [1.165, 1.54) is 10.5 Å². The molecule has 0 aromatic heterocycles. The first-order chi connectivity index (χ1) is 17.0. The molecule has 0 saturated carbocycles. The number of rotatable bonds is 6. The van der Waals surface area contributed by atoms with Gasteiger partial charge in [-0.25, -0.2) is 4.90 Å². The number of carbonyl (C=O) groups excluding carboxylic acids is 2. The van der Waals surface area contributed by atoms with Crippen molar-refractivity contribution in [2.45, 2.75) is 19.8 Å². The summed E-state index contributed by atoms with van der Waals surface area (Å²) in [4.78, 5) is 29.1. The van der Waals surface area contributed by atoms with Crippen LogP contribution in [0.25, 0.3) is 16.3 Å². The van der Waals surface area contributed by atoms with Crippen molar-refractivity contribution in [2.24, 2.45) is 0 Å². The van der Waals surface area contributed by atoms with Crippen LogP contribution in [-0.4, -0.2) is 18.9 Å². The van der Waals surface area contributed by atoms with Gasteiger partial charge < -0.3 is 10.1 Å². The van der Waals surface area contributed by atoms with E-state index in [1.807, 2.05) is 72.8 Å². The van der Waals surface area contributed by atoms with Gasteiger partial charge in [-0.3, -0.25) is 9.59 Å². The fourth-order valence-corrected chi connectivity index (χ4v) is 4.46. The van der Waals surface area contributed by atoms with Crippen LogP contribution in [0.15, 0.2) is 96.7 Å². The smallest absolute Gasteiger partial charge is 0.282 e. The van der Waals surface area contributed by atoms with Crippen molar-refractivity contribution in [3.8, 4) is 5.75 Å². The highest BCUT2D eigenvalue weighted by Crippen LogP contribution is 2.39. The number of benzene rings is 4. The Hall–Kier alpha value is -4.38. The Morgan fingerprint density at radius 1 is 0.771 bits per heavy atom. The minimum absolute atomic E-state index is 0.227. The maximum Gasteiger partial charge on any atom is 0.282 e. The van der Waals surface area contributed by atoms with Gasteiger partial charge in [0.15, 0.2) is 0 Å². The second-order valence-electron chi connectivity index (χ2n) is 8.80. The molecule has 0 fully saturated rings. The van der Waals surface area contributed by atoms with Crippen molar-refractivity contribution in [1.29, 1.82) is 0 Å². The van der Waals surface area contributed by atoms with Crippen LogP contribution < -0.4 is 15.0 Å².